The predicted molar refractivity (Wildman–Crippen MR) is 44.3 cm³/mol. The fourth-order valence-electron chi connectivity index (χ4n) is 0.883. The van der Waals surface area contributed by atoms with Gasteiger partial charge in [0.15, 0.2) is 0 Å². The summed E-state index contributed by atoms with van der Waals surface area (Å²) in [5.74, 6) is 0.00458. The summed E-state index contributed by atoms with van der Waals surface area (Å²) in [7, 11) is 1.56. The lowest BCUT2D eigenvalue weighted by atomic mass is 10.2. The van der Waals surface area contributed by atoms with E-state index in [-0.39, 0.29) is 11.4 Å². The average Bonchev–Trinajstić information content (AvgIpc) is 2.03. The lowest BCUT2D eigenvalue weighted by Gasteiger charge is -2.01. The Morgan fingerprint density at radius 1 is 1.58 bits per heavy atom. The van der Waals surface area contributed by atoms with Crippen LogP contribution in [0.5, 0.6) is 5.75 Å². The molecule has 0 unspecified atom stereocenters. The van der Waals surface area contributed by atoms with Crippen LogP contribution in [0.1, 0.15) is 0 Å². The highest BCUT2D eigenvalue weighted by Gasteiger charge is 2.11. The van der Waals surface area contributed by atoms with Crippen LogP contribution in [0.25, 0.3) is 0 Å². The van der Waals surface area contributed by atoms with E-state index in [2.05, 4.69) is 5.32 Å². The molecule has 0 fully saturated rings. The topological polar surface area (TPSA) is 75.4 Å². The van der Waals surface area contributed by atoms with Crippen molar-refractivity contribution in [3.63, 3.8) is 0 Å². The van der Waals surface area contributed by atoms with Gasteiger partial charge in [0, 0.05) is 19.2 Å². The standard InChI is InChI=1S/C7H8N2O3/c1-8-6-4-5(10)2-3-7(6)9(11)12/h2-4,8,10H,1H3. The molecule has 5 heteroatoms. The van der Waals surface area contributed by atoms with Crippen LogP contribution in [0.2, 0.25) is 0 Å². The van der Waals surface area contributed by atoms with Gasteiger partial charge in [-0.15, -0.1) is 0 Å². The molecule has 2 N–H and O–H groups in total. The molecule has 0 amide bonds. The maximum absolute atomic E-state index is 10.4. The fraction of sp³-hybridized carbons (Fsp3) is 0.143. The van der Waals surface area contributed by atoms with E-state index in [1.807, 2.05) is 0 Å². The minimum absolute atomic E-state index is 0.00458. The van der Waals surface area contributed by atoms with E-state index < -0.39 is 4.92 Å². The van der Waals surface area contributed by atoms with Gasteiger partial charge in [-0.3, -0.25) is 10.1 Å². The van der Waals surface area contributed by atoms with E-state index in [1.54, 1.807) is 7.05 Å². The Balaban J connectivity index is 3.20. The van der Waals surface area contributed by atoms with Gasteiger partial charge in [0.05, 0.1) is 4.92 Å². The zero-order valence-electron chi connectivity index (χ0n) is 6.44. The number of nitrogens with zero attached hydrogens (tertiary/aromatic N) is 1. The van der Waals surface area contributed by atoms with Gasteiger partial charge < -0.3 is 10.4 Å². The molecule has 0 radical (unpaired) electrons. The number of anilines is 1. The quantitative estimate of drug-likeness (QED) is 0.516. The fourth-order valence-corrected chi connectivity index (χ4v) is 0.883. The number of benzene rings is 1. The first-order chi connectivity index (χ1) is 5.65. The average molecular weight is 168 g/mol. The number of aromatic hydroxyl groups is 1. The van der Waals surface area contributed by atoms with Gasteiger partial charge in [0.1, 0.15) is 11.4 Å². The number of nitrogens with one attached hydrogen (secondary N) is 1. The van der Waals surface area contributed by atoms with Crippen molar-refractivity contribution >= 4 is 11.4 Å². The summed E-state index contributed by atoms with van der Waals surface area (Å²) >= 11 is 0. The Kier molecular flexibility index (Phi) is 2.14. The van der Waals surface area contributed by atoms with Crippen LogP contribution in [-0.4, -0.2) is 17.1 Å². The van der Waals surface area contributed by atoms with Crippen LogP contribution in [0.4, 0.5) is 11.4 Å². The first-order valence-electron chi connectivity index (χ1n) is 3.30. The SMILES string of the molecule is CNc1cc(O)ccc1[N+](=O)[O-]. The first kappa shape index (κ1) is 8.32. The normalized spacial score (nSPS) is 9.42. The summed E-state index contributed by atoms with van der Waals surface area (Å²) in [6.07, 6.45) is 0. The number of phenolic OH excluding ortho intramolecular Hbond substituents is 1. The summed E-state index contributed by atoms with van der Waals surface area (Å²) in [6.45, 7) is 0. The van der Waals surface area contributed by atoms with Gasteiger partial charge in [-0.25, -0.2) is 0 Å². The second kappa shape index (κ2) is 3.08. The van der Waals surface area contributed by atoms with Crippen LogP contribution in [0.3, 0.4) is 0 Å². The highest BCUT2D eigenvalue weighted by molar-refractivity contribution is 5.63. The minimum atomic E-state index is -0.509. The summed E-state index contributed by atoms with van der Waals surface area (Å²) in [6, 6.07) is 3.83. The Labute approximate surface area is 68.8 Å². The third kappa shape index (κ3) is 1.45. The van der Waals surface area contributed by atoms with E-state index >= 15 is 0 Å². The summed E-state index contributed by atoms with van der Waals surface area (Å²) in [5.41, 5.74) is 0.260. The maximum Gasteiger partial charge on any atom is 0.292 e. The highest BCUT2D eigenvalue weighted by Crippen LogP contribution is 2.27. The van der Waals surface area contributed by atoms with Gasteiger partial charge >= 0.3 is 0 Å². The molecule has 0 aliphatic rings. The molecular formula is C7H8N2O3. The zero-order chi connectivity index (χ0) is 9.14. The van der Waals surface area contributed by atoms with E-state index in [1.165, 1.54) is 18.2 Å². The molecule has 0 bridgehead atoms. The molecule has 0 spiro atoms. The monoisotopic (exact) mass is 168 g/mol. The van der Waals surface area contributed by atoms with Gasteiger partial charge in [-0.1, -0.05) is 0 Å². The number of nitro benzene ring substituents is 1. The molecule has 0 aromatic heterocycles. The van der Waals surface area contributed by atoms with E-state index in [0.717, 1.165) is 0 Å². The minimum Gasteiger partial charge on any atom is -0.508 e. The van der Waals surface area contributed by atoms with Crippen molar-refractivity contribution in [3.8, 4) is 5.75 Å². The molecule has 0 heterocycles. The zero-order valence-corrected chi connectivity index (χ0v) is 6.44. The molecule has 0 atom stereocenters. The van der Waals surface area contributed by atoms with Crippen molar-refractivity contribution in [2.24, 2.45) is 0 Å². The number of hydrogen-bond donors (Lipinski definition) is 2. The summed E-state index contributed by atoms with van der Waals surface area (Å²) < 4.78 is 0. The predicted octanol–water partition coefficient (Wildman–Crippen LogP) is 1.34. The summed E-state index contributed by atoms with van der Waals surface area (Å²) in [5, 5.41) is 22.0. The molecular weight excluding hydrogens is 160 g/mol. The molecule has 1 aromatic carbocycles. The second-order valence-electron chi connectivity index (χ2n) is 2.21. The van der Waals surface area contributed by atoms with Gasteiger partial charge in [-0.05, 0) is 6.07 Å². The van der Waals surface area contributed by atoms with Crippen LogP contribution >= 0.6 is 0 Å². The van der Waals surface area contributed by atoms with Crippen LogP contribution < -0.4 is 5.32 Å². The lowest BCUT2D eigenvalue weighted by molar-refractivity contribution is -0.384. The molecule has 12 heavy (non-hydrogen) atoms. The van der Waals surface area contributed by atoms with E-state index in [0.29, 0.717) is 5.69 Å². The van der Waals surface area contributed by atoms with E-state index in [4.69, 9.17) is 5.11 Å². The van der Waals surface area contributed by atoms with Crippen molar-refractivity contribution in [1.29, 1.82) is 0 Å². The van der Waals surface area contributed by atoms with Gasteiger partial charge in [0.25, 0.3) is 5.69 Å². The van der Waals surface area contributed by atoms with Crippen LogP contribution in [0.15, 0.2) is 18.2 Å². The van der Waals surface area contributed by atoms with Crippen LogP contribution in [0, 0.1) is 10.1 Å². The molecule has 5 nitrogen and oxygen atoms in total. The van der Waals surface area contributed by atoms with Crippen molar-refractivity contribution in [3.05, 3.63) is 28.3 Å². The first-order valence-corrected chi connectivity index (χ1v) is 3.30. The number of phenols is 1. The largest absolute Gasteiger partial charge is 0.508 e. The number of hydrogen-bond acceptors (Lipinski definition) is 4. The maximum atomic E-state index is 10.4. The van der Waals surface area contributed by atoms with Crippen molar-refractivity contribution < 1.29 is 10.0 Å². The Morgan fingerprint density at radius 2 is 2.25 bits per heavy atom. The molecule has 1 rings (SSSR count). The number of nitro groups is 1. The molecule has 0 saturated heterocycles. The number of rotatable bonds is 2. The Hall–Kier alpha value is -1.78. The van der Waals surface area contributed by atoms with Crippen molar-refractivity contribution in [2.75, 3.05) is 12.4 Å². The smallest absolute Gasteiger partial charge is 0.292 e. The van der Waals surface area contributed by atoms with Crippen molar-refractivity contribution in [1.82, 2.24) is 0 Å². The third-order valence-electron chi connectivity index (χ3n) is 1.45. The molecule has 0 saturated carbocycles. The Bertz CT molecular complexity index is 312. The molecule has 0 aliphatic heterocycles. The Morgan fingerprint density at radius 3 is 2.75 bits per heavy atom. The van der Waals surface area contributed by atoms with Crippen LogP contribution in [-0.2, 0) is 0 Å². The lowest BCUT2D eigenvalue weighted by Crippen LogP contribution is -1.95. The second-order valence-corrected chi connectivity index (χ2v) is 2.21. The van der Waals surface area contributed by atoms with Crippen molar-refractivity contribution in [2.45, 2.75) is 0 Å². The van der Waals surface area contributed by atoms with Gasteiger partial charge in [0.2, 0.25) is 0 Å². The molecule has 1 aromatic rings. The summed E-state index contributed by atoms with van der Waals surface area (Å²) in [4.78, 5) is 9.87. The third-order valence-corrected chi connectivity index (χ3v) is 1.45. The molecule has 0 aliphatic carbocycles. The molecule has 64 valence electrons. The van der Waals surface area contributed by atoms with Gasteiger partial charge in [-0.2, -0.15) is 0 Å². The van der Waals surface area contributed by atoms with E-state index in [9.17, 15) is 10.1 Å². The highest BCUT2D eigenvalue weighted by atomic mass is 16.6.